The Morgan fingerprint density at radius 1 is 1.20 bits per heavy atom. The summed E-state index contributed by atoms with van der Waals surface area (Å²) in [5.74, 6) is 0.00523. The van der Waals surface area contributed by atoms with Crippen LogP contribution in [0, 0.1) is 0 Å². The maximum absolute atomic E-state index is 12.3. The Hall–Kier alpha value is -3.15. The number of carbonyl (C=O) groups is 2. The van der Waals surface area contributed by atoms with Crippen molar-refractivity contribution < 1.29 is 19.1 Å². The predicted octanol–water partition coefficient (Wildman–Crippen LogP) is 3.29. The van der Waals surface area contributed by atoms with Gasteiger partial charge in [-0.25, -0.2) is 9.78 Å². The van der Waals surface area contributed by atoms with Gasteiger partial charge in [-0.05, 0) is 44.2 Å². The highest BCUT2D eigenvalue weighted by Crippen LogP contribution is 2.22. The standard InChI is InChI=1S/C19H18N2O4/c1-3-24-17-8-7-14(13(2)22)10-15(17)12-25-19(23)16-11-21-9-5-4-6-18(21)20-16/h4-11H,3,12H2,1-2H3. The molecule has 0 bridgehead atoms. The normalized spacial score (nSPS) is 10.6. The van der Waals surface area contributed by atoms with E-state index >= 15 is 0 Å². The Balaban J connectivity index is 1.78. The minimum atomic E-state index is -0.528. The van der Waals surface area contributed by atoms with E-state index in [1.54, 1.807) is 34.9 Å². The lowest BCUT2D eigenvalue weighted by atomic mass is 10.1. The van der Waals surface area contributed by atoms with Crippen molar-refractivity contribution in [3.8, 4) is 5.75 Å². The summed E-state index contributed by atoms with van der Waals surface area (Å²) >= 11 is 0. The molecule has 0 unspecified atom stereocenters. The summed E-state index contributed by atoms with van der Waals surface area (Å²) in [5, 5.41) is 0. The van der Waals surface area contributed by atoms with Crippen LogP contribution < -0.4 is 4.74 Å². The summed E-state index contributed by atoms with van der Waals surface area (Å²) < 4.78 is 12.6. The fourth-order valence-corrected chi connectivity index (χ4v) is 2.46. The number of esters is 1. The number of Topliss-reactive ketones (excluding diaryl/α,β-unsaturated/α-hetero) is 1. The van der Waals surface area contributed by atoms with Gasteiger partial charge in [-0.15, -0.1) is 0 Å². The Kier molecular flexibility index (Phi) is 4.79. The van der Waals surface area contributed by atoms with Crippen molar-refractivity contribution in [1.29, 1.82) is 0 Å². The van der Waals surface area contributed by atoms with Gasteiger partial charge in [-0.3, -0.25) is 4.79 Å². The second-order valence-electron chi connectivity index (χ2n) is 5.48. The second-order valence-corrected chi connectivity index (χ2v) is 5.48. The van der Waals surface area contributed by atoms with Gasteiger partial charge in [-0.1, -0.05) is 6.07 Å². The molecule has 0 N–H and O–H groups in total. The van der Waals surface area contributed by atoms with Crippen LogP contribution in [0.25, 0.3) is 5.65 Å². The number of ketones is 1. The molecule has 0 radical (unpaired) electrons. The number of imidazole rings is 1. The molecule has 3 rings (SSSR count). The Bertz CT molecular complexity index is 897. The fourth-order valence-electron chi connectivity index (χ4n) is 2.46. The number of rotatable bonds is 6. The summed E-state index contributed by atoms with van der Waals surface area (Å²) in [4.78, 5) is 28.1. The molecular weight excluding hydrogens is 320 g/mol. The van der Waals surface area contributed by atoms with E-state index in [1.165, 1.54) is 6.92 Å². The van der Waals surface area contributed by atoms with Gasteiger partial charge < -0.3 is 13.9 Å². The number of benzene rings is 1. The van der Waals surface area contributed by atoms with Gasteiger partial charge in [-0.2, -0.15) is 0 Å². The molecule has 25 heavy (non-hydrogen) atoms. The monoisotopic (exact) mass is 338 g/mol. The van der Waals surface area contributed by atoms with Crippen LogP contribution in [0.15, 0.2) is 48.8 Å². The third-order valence-corrected chi connectivity index (χ3v) is 3.70. The van der Waals surface area contributed by atoms with E-state index in [0.717, 1.165) is 0 Å². The lowest BCUT2D eigenvalue weighted by Crippen LogP contribution is -2.08. The highest BCUT2D eigenvalue weighted by molar-refractivity contribution is 5.94. The van der Waals surface area contributed by atoms with Gasteiger partial charge >= 0.3 is 5.97 Å². The summed E-state index contributed by atoms with van der Waals surface area (Å²) in [5.41, 5.74) is 2.09. The SMILES string of the molecule is CCOc1ccc(C(C)=O)cc1COC(=O)c1cn2ccccc2n1. The molecule has 0 atom stereocenters. The van der Waals surface area contributed by atoms with Crippen LogP contribution in [0.1, 0.15) is 40.3 Å². The van der Waals surface area contributed by atoms with Gasteiger partial charge in [0.25, 0.3) is 0 Å². The minimum Gasteiger partial charge on any atom is -0.493 e. The van der Waals surface area contributed by atoms with Crippen molar-refractivity contribution in [3.05, 3.63) is 65.6 Å². The zero-order valence-corrected chi connectivity index (χ0v) is 14.1. The molecule has 0 spiro atoms. The quantitative estimate of drug-likeness (QED) is 0.509. The van der Waals surface area contributed by atoms with E-state index in [-0.39, 0.29) is 18.1 Å². The van der Waals surface area contributed by atoms with Gasteiger partial charge in [0.05, 0.1) is 6.61 Å². The van der Waals surface area contributed by atoms with E-state index in [4.69, 9.17) is 9.47 Å². The van der Waals surface area contributed by atoms with Crippen molar-refractivity contribution in [2.45, 2.75) is 20.5 Å². The zero-order chi connectivity index (χ0) is 17.8. The molecule has 3 aromatic rings. The van der Waals surface area contributed by atoms with Gasteiger partial charge in [0.1, 0.15) is 18.0 Å². The number of carbonyl (C=O) groups excluding carboxylic acids is 2. The molecule has 0 saturated carbocycles. The first-order chi connectivity index (χ1) is 12.1. The number of fused-ring (bicyclic) bond motifs is 1. The van der Waals surface area contributed by atoms with Gasteiger partial charge in [0.15, 0.2) is 11.5 Å². The van der Waals surface area contributed by atoms with E-state index < -0.39 is 5.97 Å². The van der Waals surface area contributed by atoms with Crippen LogP contribution in [-0.2, 0) is 11.3 Å². The summed E-state index contributed by atoms with van der Waals surface area (Å²) in [6.45, 7) is 3.84. The maximum Gasteiger partial charge on any atom is 0.358 e. The molecule has 0 aliphatic heterocycles. The first-order valence-electron chi connectivity index (χ1n) is 7.96. The van der Waals surface area contributed by atoms with Crippen molar-refractivity contribution >= 4 is 17.4 Å². The van der Waals surface area contributed by atoms with E-state index in [2.05, 4.69) is 4.98 Å². The first-order valence-corrected chi connectivity index (χ1v) is 7.96. The van der Waals surface area contributed by atoms with Crippen LogP contribution in [0.5, 0.6) is 5.75 Å². The number of aromatic nitrogens is 2. The number of hydrogen-bond acceptors (Lipinski definition) is 5. The smallest absolute Gasteiger partial charge is 0.358 e. The highest BCUT2D eigenvalue weighted by atomic mass is 16.5. The predicted molar refractivity (Wildman–Crippen MR) is 91.9 cm³/mol. The molecule has 128 valence electrons. The topological polar surface area (TPSA) is 69.9 Å². The van der Waals surface area contributed by atoms with E-state index in [9.17, 15) is 9.59 Å². The molecule has 0 fully saturated rings. The molecule has 0 aliphatic rings. The maximum atomic E-state index is 12.3. The largest absolute Gasteiger partial charge is 0.493 e. The first kappa shape index (κ1) is 16.7. The summed E-state index contributed by atoms with van der Waals surface area (Å²) in [7, 11) is 0. The zero-order valence-electron chi connectivity index (χ0n) is 14.1. The number of hydrogen-bond donors (Lipinski definition) is 0. The molecule has 2 aromatic heterocycles. The molecule has 6 heteroatoms. The Morgan fingerprint density at radius 3 is 2.76 bits per heavy atom. The van der Waals surface area contributed by atoms with E-state index in [1.807, 2.05) is 25.3 Å². The van der Waals surface area contributed by atoms with Crippen molar-refractivity contribution in [3.63, 3.8) is 0 Å². The van der Waals surface area contributed by atoms with Crippen molar-refractivity contribution in [2.24, 2.45) is 0 Å². The Morgan fingerprint density at radius 2 is 2.04 bits per heavy atom. The molecule has 0 saturated heterocycles. The Labute approximate surface area is 145 Å². The van der Waals surface area contributed by atoms with Gasteiger partial charge in [0.2, 0.25) is 0 Å². The molecular formula is C19H18N2O4. The molecule has 2 heterocycles. The molecule has 0 amide bonds. The van der Waals surface area contributed by atoms with Crippen LogP contribution in [0.3, 0.4) is 0 Å². The van der Waals surface area contributed by atoms with Crippen molar-refractivity contribution in [2.75, 3.05) is 6.61 Å². The average Bonchev–Trinajstić information content (AvgIpc) is 3.05. The van der Waals surface area contributed by atoms with Crippen LogP contribution in [-0.4, -0.2) is 27.7 Å². The number of ether oxygens (including phenoxy) is 2. The summed E-state index contributed by atoms with van der Waals surface area (Å²) in [6.07, 6.45) is 3.43. The number of pyridine rings is 1. The highest BCUT2D eigenvalue weighted by Gasteiger charge is 2.14. The third-order valence-electron chi connectivity index (χ3n) is 3.70. The lowest BCUT2D eigenvalue weighted by molar-refractivity contribution is 0.0463. The average molecular weight is 338 g/mol. The third kappa shape index (κ3) is 3.68. The molecule has 6 nitrogen and oxygen atoms in total. The summed E-state index contributed by atoms with van der Waals surface area (Å²) in [6, 6.07) is 10.6. The van der Waals surface area contributed by atoms with Crippen LogP contribution >= 0.6 is 0 Å². The fraction of sp³-hybridized carbons (Fsp3) is 0.211. The molecule has 0 aliphatic carbocycles. The minimum absolute atomic E-state index is 0.00313. The lowest BCUT2D eigenvalue weighted by Gasteiger charge is -2.11. The van der Waals surface area contributed by atoms with Gasteiger partial charge in [0, 0.05) is 23.5 Å². The van der Waals surface area contributed by atoms with Crippen molar-refractivity contribution in [1.82, 2.24) is 9.38 Å². The number of nitrogens with zero attached hydrogens (tertiary/aromatic N) is 2. The van der Waals surface area contributed by atoms with Crippen LogP contribution in [0.4, 0.5) is 0 Å². The molecule has 1 aromatic carbocycles. The second kappa shape index (κ2) is 7.17. The van der Waals surface area contributed by atoms with Crippen LogP contribution in [0.2, 0.25) is 0 Å². The van der Waals surface area contributed by atoms with E-state index in [0.29, 0.717) is 29.1 Å².